The molecule has 2 aromatic heterocycles. The first-order chi connectivity index (χ1) is 13.6. The van der Waals surface area contributed by atoms with Gasteiger partial charge >= 0.3 is 0 Å². The molecule has 0 unspecified atom stereocenters. The van der Waals surface area contributed by atoms with Crippen molar-refractivity contribution in [2.45, 2.75) is 27.6 Å². The van der Waals surface area contributed by atoms with E-state index in [2.05, 4.69) is 4.85 Å². The highest BCUT2D eigenvalue weighted by atomic mass is 16.3. The van der Waals surface area contributed by atoms with Crippen molar-refractivity contribution in [1.82, 2.24) is 0 Å². The Bertz CT molecular complexity index is 1340. The zero-order valence-corrected chi connectivity index (χ0v) is 15.3. The predicted molar refractivity (Wildman–Crippen MR) is 106 cm³/mol. The normalized spacial score (nSPS) is 13.4. The molecule has 128 valence electrons. The van der Waals surface area contributed by atoms with Crippen LogP contribution in [-0.2, 0) is 7.05 Å². The van der Waals surface area contributed by atoms with Crippen molar-refractivity contribution < 1.29 is 13.1 Å². The number of hydrogen-bond acceptors (Lipinski definition) is 1. The molecule has 26 heavy (non-hydrogen) atoms. The van der Waals surface area contributed by atoms with E-state index in [1.165, 1.54) is 0 Å². The molecular formula is C23H21N2O+. The van der Waals surface area contributed by atoms with E-state index in [1.54, 1.807) is 6.07 Å². The minimum atomic E-state index is -2.16. The van der Waals surface area contributed by atoms with Crippen molar-refractivity contribution in [2.75, 3.05) is 0 Å². The number of nitrogens with zero attached hydrogens (tertiary/aromatic N) is 2. The molecule has 0 fully saturated rings. The second kappa shape index (κ2) is 5.71. The van der Waals surface area contributed by atoms with Gasteiger partial charge in [-0.15, -0.1) is 0 Å². The maximum atomic E-state index is 7.77. The Morgan fingerprint density at radius 2 is 1.77 bits per heavy atom. The van der Waals surface area contributed by atoms with Gasteiger partial charge in [-0.25, -0.2) is 4.85 Å². The van der Waals surface area contributed by atoms with Crippen LogP contribution in [0.5, 0.6) is 0 Å². The summed E-state index contributed by atoms with van der Waals surface area (Å²) in [7, 11) is 1.87. The largest absolute Gasteiger partial charge is 0.466 e. The number of aromatic nitrogens is 1. The van der Waals surface area contributed by atoms with Gasteiger partial charge in [-0.1, -0.05) is 23.8 Å². The van der Waals surface area contributed by atoms with Crippen LogP contribution in [0.4, 0.5) is 5.69 Å². The quantitative estimate of drug-likeness (QED) is 0.313. The second-order valence-electron chi connectivity index (χ2n) is 6.79. The lowest BCUT2D eigenvalue weighted by molar-refractivity contribution is -0.667. The van der Waals surface area contributed by atoms with Gasteiger partial charge in [-0.3, -0.25) is 0 Å². The summed E-state index contributed by atoms with van der Waals surface area (Å²) < 4.78 is 31.5. The number of hydrogen-bond donors (Lipinski definition) is 0. The fourth-order valence-electron chi connectivity index (χ4n) is 3.57. The lowest BCUT2D eigenvalue weighted by Crippen LogP contribution is -2.35. The molecule has 0 aliphatic rings. The number of rotatable bonds is 1. The Labute approximate surface area is 157 Å². The number of fused-ring (bicyclic) bond motifs is 3. The summed E-state index contributed by atoms with van der Waals surface area (Å²) in [5.41, 5.74) is 6.65. The predicted octanol–water partition coefficient (Wildman–Crippen LogP) is 5.86. The summed E-state index contributed by atoms with van der Waals surface area (Å²) in [6.45, 7) is 11.1. The average Bonchev–Trinajstić information content (AvgIpc) is 3.01. The van der Waals surface area contributed by atoms with Crippen molar-refractivity contribution in [3.05, 3.63) is 70.2 Å². The number of furan rings is 1. The molecule has 3 heteroatoms. The van der Waals surface area contributed by atoms with E-state index in [0.717, 1.165) is 33.2 Å². The van der Waals surface area contributed by atoms with E-state index >= 15 is 0 Å². The van der Waals surface area contributed by atoms with Crippen LogP contribution >= 0.6 is 0 Å². The number of benzene rings is 2. The SMILES string of the molecule is [2H]C([2H])([2H])c1ccc(-c2c(C)ccc3c2oc2c([N+]#[C-])cc(C)cc23)[n+](C)c1C. The third-order valence-electron chi connectivity index (χ3n) is 5.11. The van der Waals surface area contributed by atoms with E-state index in [1.807, 2.05) is 62.7 Å². The molecule has 4 rings (SSSR count). The summed E-state index contributed by atoms with van der Waals surface area (Å²) in [4.78, 5) is 3.64. The van der Waals surface area contributed by atoms with Gasteiger partial charge in [-0.05, 0) is 38.4 Å². The van der Waals surface area contributed by atoms with E-state index < -0.39 is 6.85 Å². The average molecular weight is 344 g/mol. The molecule has 3 nitrogen and oxygen atoms in total. The smallest absolute Gasteiger partial charge is 0.229 e. The molecule has 0 aliphatic heterocycles. The van der Waals surface area contributed by atoms with Crippen molar-refractivity contribution in [3.63, 3.8) is 0 Å². The monoisotopic (exact) mass is 344 g/mol. The first kappa shape index (κ1) is 13.1. The van der Waals surface area contributed by atoms with Crippen molar-refractivity contribution in [3.8, 4) is 11.3 Å². The molecule has 0 spiro atoms. The van der Waals surface area contributed by atoms with Crippen LogP contribution in [0.1, 0.15) is 26.5 Å². The van der Waals surface area contributed by atoms with Crippen molar-refractivity contribution in [2.24, 2.45) is 7.05 Å². The van der Waals surface area contributed by atoms with Crippen molar-refractivity contribution in [1.29, 1.82) is 0 Å². The highest BCUT2D eigenvalue weighted by Gasteiger charge is 2.23. The lowest BCUT2D eigenvalue weighted by atomic mass is 9.99. The molecule has 0 saturated carbocycles. The molecular weight excluding hydrogens is 320 g/mol. The zero-order chi connectivity index (χ0) is 21.1. The Morgan fingerprint density at radius 3 is 2.50 bits per heavy atom. The number of aryl methyl sites for hydroxylation is 3. The van der Waals surface area contributed by atoms with Crippen LogP contribution in [0.15, 0.2) is 40.8 Å². The third-order valence-corrected chi connectivity index (χ3v) is 5.11. The molecule has 2 heterocycles. The van der Waals surface area contributed by atoms with Crippen LogP contribution in [0.3, 0.4) is 0 Å². The highest BCUT2D eigenvalue weighted by molar-refractivity contribution is 6.13. The molecule has 0 N–H and O–H groups in total. The van der Waals surface area contributed by atoms with Gasteiger partial charge in [0.05, 0.1) is 12.1 Å². The van der Waals surface area contributed by atoms with Gasteiger partial charge in [0, 0.05) is 33.4 Å². The van der Waals surface area contributed by atoms with Gasteiger partial charge in [0.25, 0.3) is 0 Å². The van der Waals surface area contributed by atoms with Gasteiger partial charge in [0.1, 0.15) is 18.2 Å². The molecule has 0 amide bonds. The molecule has 2 aromatic carbocycles. The molecule has 0 aliphatic carbocycles. The fourth-order valence-corrected chi connectivity index (χ4v) is 3.57. The molecule has 0 bridgehead atoms. The van der Waals surface area contributed by atoms with E-state index in [4.69, 9.17) is 15.1 Å². The highest BCUT2D eigenvalue weighted by Crippen LogP contribution is 2.40. The van der Waals surface area contributed by atoms with Crippen LogP contribution in [0.2, 0.25) is 0 Å². The Balaban J connectivity index is 2.10. The van der Waals surface area contributed by atoms with Gasteiger partial charge in [0.15, 0.2) is 5.69 Å². The Kier molecular flexibility index (Phi) is 2.88. The van der Waals surface area contributed by atoms with E-state index in [0.29, 0.717) is 28.1 Å². The number of pyridine rings is 1. The summed E-state index contributed by atoms with van der Waals surface area (Å²) in [5, 5.41) is 1.87. The maximum Gasteiger partial charge on any atom is 0.229 e. The van der Waals surface area contributed by atoms with Crippen LogP contribution in [-0.4, -0.2) is 0 Å². The van der Waals surface area contributed by atoms with Crippen LogP contribution in [0.25, 0.3) is 38.0 Å². The summed E-state index contributed by atoms with van der Waals surface area (Å²) in [6, 6.07) is 11.5. The first-order valence-electron chi connectivity index (χ1n) is 9.98. The van der Waals surface area contributed by atoms with Crippen LogP contribution in [0, 0.1) is 34.2 Å². The van der Waals surface area contributed by atoms with Gasteiger partial charge in [-0.2, -0.15) is 4.57 Å². The van der Waals surface area contributed by atoms with E-state index in [9.17, 15) is 0 Å². The Hall–Kier alpha value is -3.12. The van der Waals surface area contributed by atoms with Crippen LogP contribution < -0.4 is 4.57 Å². The van der Waals surface area contributed by atoms with Crippen molar-refractivity contribution >= 4 is 27.6 Å². The fraction of sp³-hybridized carbons (Fsp3) is 0.217. The summed E-state index contributed by atoms with van der Waals surface area (Å²) in [5.74, 6) is 0. The molecule has 0 radical (unpaired) electrons. The minimum absolute atomic E-state index is 0.337. The topological polar surface area (TPSA) is 21.4 Å². The van der Waals surface area contributed by atoms with E-state index in [-0.39, 0.29) is 0 Å². The molecule has 4 aromatic rings. The minimum Gasteiger partial charge on any atom is -0.466 e. The summed E-state index contributed by atoms with van der Waals surface area (Å²) >= 11 is 0. The lowest BCUT2D eigenvalue weighted by Gasteiger charge is -2.08. The third kappa shape index (κ3) is 2.23. The summed E-state index contributed by atoms with van der Waals surface area (Å²) in [6.07, 6.45) is 0. The Morgan fingerprint density at radius 1 is 1.00 bits per heavy atom. The van der Waals surface area contributed by atoms with Gasteiger partial charge < -0.3 is 4.42 Å². The molecule has 0 atom stereocenters. The molecule has 0 saturated heterocycles. The zero-order valence-electron chi connectivity index (χ0n) is 18.3. The first-order valence-corrected chi connectivity index (χ1v) is 8.48. The second-order valence-corrected chi connectivity index (χ2v) is 6.79. The van der Waals surface area contributed by atoms with Gasteiger partial charge in [0.2, 0.25) is 11.4 Å². The maximum absolute atomic E-state index is 7.77. The standard InChI is InChI=1S/C23H21N2O/c1-13-11-18-17-9-7-15(3)21(20-10-8-14(2)16(4)25(20)6)23(17)26-22(18)19(12-13)24-5/h7-12H,1-4,6H3/q+1/i2D3.